The van der Waals surface area contributed by atoms with Crippen LogP contribution in [-0.2, 0) is 20.3 Å². The average molecular weight is 700 g/mol. The van der Waals surface area contributed by atoms with Gasteiger partial charge in [0.1, 0.15) is 0 Å². The third kappa shape index (κ3) is 6.41. The standard InChI is InChI=1S/C46H52ClN2O2/c1-45(2)40(48(28-12-30-50-5)38-24-20-32-14-7-9-18-36(32)42(38)45)26-22-34-16-11-17-35(44(34)47)23-27-41-46(3,4)43-37-19-10-8-15-33(37)21-25-39(43)49(41)29-13-31-51-6/h7-10,14-15,18-27H,11-13,16-17,28-31H2,1-6H3/q+1. The van der Waals surface area contributed by atoms with Crippen LogP contribution in [0.4, 0.5) is 11.4 Å². The molecule has 4 nitrogen and oxygen atoms in total. The second-order valence-corrected chi connectivity index (χ2v) is 15.6. The van der Waals surface area contributed by atoms with Gasteiger partial charge in [0.05, 0.1) is 12.0 Å². The molecule has 2 heterocycles. The van der Waals surface area contributed by atoms with Gasteiger partial charge in [-0.15, -0.1) is 0 Å². The molecule has 2 aliphatic heterocycles. The molecule has 0 radical (unpaired) electrons. The van der Waals surface area contributed by atoms with Crippen molar-refractivity contribution in [3.05, 3.63) is 130 Å². The summed E-state index contributed by atoms with van der Waals surface area (Å²) >= 11 is 7.34. The molecule has 264 valence electrons. The van der Waals surface area contributed by atoms with Gasteiger partial charge in [0, 0.05) is 73.3 Å². The molecule has 0 bridgehead atoms. The van der Waals surface area contributed by atoms with E-state index in [9.17, 15) is 0 Å². The lowest BCUT2D eigenvalue weighted by Crippen LogP contribution is -2.28. The van der Waals surface area contributed by atoms with E-state index in [1.165, 1.54) is 66.6 Å². The molecule has 4 aromatic carbocycles. The lowest BCUT2D eigenvalue weighted by molar-refractivity contribution is -0.438. The van der Waals surface area contributed by atoms with Gasteiger partial charge in [0.15, 0.2) is 12.3 Å². The number of anilines is 1. The third-order valence-electron chi connectivity index (χ3n) is 11.3. The number of rotatable bonds is 11. The number of methoxy groups -OCH3 is 2. The summed E-state index contributed by atoms with van der Waals surface area (Å²) < 4.78 is 13.5. The van der Waals surface area contributed by atoms with Crippen molar-refractivity contribution in [2.75, 3.05) is 45.4 Å². The zero-order valence-corrected chi connectivity index (χ0v) is 31.9. The number of benzene rings is 4. The molecule has 7 rings (SSSR count). The number of ether oxygens (including phenoxy) is 2. The second kappa shape index (κ2) is 14.6. The van der Waals surface area contributed by atoms with Crippen LogP contribution in [0.2, 0.25) is 0 Å². The fraction of sp³-hybridized carbons (Fsp3) is 0.370. The third-order valence-corrected chi connectivity index (χ3v) is 11.8. The summed E-state index contributed by atoms with van der Waals surface area (Å²) in [5, 5.41) is 6.12. The van der Waals surface area contributed by atoms with Gasteiger partial charge in [0.2, 0.25) is 5.69 Å². The monoisotopic (exact) mass is 699 g/mol. The van der Waals surface area contributed by atoms with Gasteiger partial charge < -0.3 is 14.4 Å². The maximum absolute atomic E-state index is 7.34. The Morgan fingerprint density at radius 3 is 2.14 bits per heavy atom. The molecular formula is C46H52ClN2O2+. The van der Waals surface area contributed by atoms with Crippen molar-refractivity contribution in [2.45, 2.75) is 70.6 Å². The molecule has 0 aromatic heterocycles. The second-order valence-electron chi connectivity index (χ2n) is 15.3. The van der Waals surface area contributed by atoms with Crippen LogP contribution < -0.4 is 4.90 Å². The summed E-state index contributed by atoms with van der Waals surface area (Å²) in [6.07, 6.45) is 14.2. The highest BCUT2D eigenvalue weighted by atomic mass is 35.5. The van der Waals surface area contributed by atoms with Crippen LogP contribution >= 0.6 is 11.6 Å². The van der Waals surface area contributed by atoms with Crippen LogP contribution in [0.15, 0.2) is 119 Å². The van der Waals surface area contributed by atoms with Crippen LogP contribution in [0.1, 0.15) is 70.9 Å². The van der Waals surface area contributed by atoms with Crippen molar-refractivity contribution in [3.8, 4) is 0 Å². The summed E-state index contributed by atoms with van der Waals surface area (Å²) in [6.45, 7) is 12.7. The van der Waals surface area contributed by atoms with Gasteiger partial charge in [-0.2, -0.15) is 4.58 Å². The Bertz CT molecular complexity index is 2130. The number of hydrogen-bond acceptors (Lipinski definition) is 3. The van der Waals surface area contributed by atoms with E-state index in [1.54, 1.807) is 14.2 Å². The summed E-state index contributed by atoms with van der Waals surface area (Å²) in [7, 11) is 3.57. The first kappa shape index (κ1) is 35.4. The van der Waals surface area contributed by atoms with Crippen molar-refractivity contribution in [2.24, 2.45) is 0 Å². The number of hydrogen-bond donors (Lipinski definition) is 0. The first-order chi connectivity index (χ1) is 24.7. The number of halogens is 1. The molecule has 0 unspecified atom stereocenters. The highest BCUT2D eigenvalue weighted by molar-refractivity contribution is 6.32. The normalized spacial score (nSPS) is 19.8. The van der Waals surface area contributed by atoms with Gasteiger partial charge in [-0.05, 0) is 96.0 Å². The van der Waals surface area contributed by atoms with Crippen molar-refractivity contribution in [1.82, 2.24) is 0 Å². The Labute approximate surface area is 309 Å². The molecule has 51 heavy (non-hydrogen) atoms. The molecule has 0 saturated carbocycles. The average Bonchev–Trinajstić information content (AvgIpc) is 3.49. The zero-order valence-electron chi connectivity index (χ0n) is 31.2. The minimum Gasteiger partial charge on any atom is -0.385 e. The number of nitrogens with zero attached hydrogens (tertiary/aromatic N) is 2. The minimum absolute atomic E-state index is 0.163. The van der Waals surface area contributed by atoms with Crippen LogP contribution in [0.3, 0.4) is 0 Å². The molecule has 3 aliphatic rings. The Kier molecular flexibility index (Phi) is 10.1. The molecule has 0 saturated heterocycles. The van der Waals surface area contributed by atoms with E-state index in [1.807, 2.05) is 0 Å². The summed E-state index contributed by atoms with van der Waals surface area (Å²) in [5.41, 5.74) is 10.1. The fourth-order valence-corrected chi connectivity index (χ4v) is 9.17. The Morgan fingerprint density at radius 2 is 1.41 bits per heavy atom. The maximum atomic E-state index is 7.34. The van der Waals surface area contributed by atoms with Crippen LogP contribution in [0.25, 0.3) is 21.5 Å². The van der Waals surface area contributed by atoms with E-state index >= 15 is 0 Å². The first-order valence-corrected chi connectivity index (χ1v) is 19.0. The SMILES string of the molecule is COCCCN1/C(=C/C=C2\CCCC(/C=C/C3=[N+](CCCOC)c4ccc5ccccc5c4C3(C)C)=C2Cl)C(C)(C)c2c1ccc1ccccc21. The van der Waals surface area contributed by atoms with Gasteiger partial charge in [-0.25, -0.2) is 0 Å². The van der Waals surface area contributed by atoms with Crippen molar-refractivity contribution in [1.29, 1.82) is 0 Å². The van der Waals surface area contributed by atoms with Crippen molar-refractivity contribution < 1.29 is 14.0 Å². The lowest BCUT2D eigenvalue weighted by Gasteiger charge is -2.27. The van der Waals surface area contributed by atoms with Crippen LogP contribution in [-0.4, -0.2) is 50.8 Å². The molecule has 5 heteroatoms. The van der Waals surface area contributed by atoms with Crippen molar-refractivity contribution >= 4 is 50.2 Å². The molecule has 0 spiro atoms. The molecule has 0 N–H and O–H groups in total. The molecule has 0 atom stereocenters. The molecule has 4 aromatic rings. The van der Waals surface area contributed by atoms with E-state index in [4.69, 9.17) is 21.1 Å². The summed E-state index contributed by atoms with van der Waals surface area (Å²) in [6, 6.07) is 26.7. The molecule has 1 aliphatic carbocycles. The predicted octanol–water partition coefficient (Wildman–Crippen LogP) is 11.3. The quantitative estimate of drug-likeness (QED) is 0.115. The Morgan fingerprint density at radius 1 is 0.745 bits per heavy atom. The molecule has 0 fully saturated rings. The fourth-order valence-electron chi connectivity index (χ4n) is 8.85. The predicted molar refractivity (Wildman–Crippen MR) is 216 cm³/mol. The Balaban J connectivity index is 1.25. The van der Waals surface area contributed by atoms with Gasteiger partial charge in [-0.3, -0.25) is 0 Å². The summed E-state index contributed by atoms with van der Waals surface area (Å²) in [4.78, 5) is 2.51. The smallest absolute Gasteiger partial charge is 0.210 e. The van der Waals surface area contributed by atoms with Crippen LogP contribution in [0.5, 0.6) is 0 Å². The van der Waals surface area contributed by atoms with Gasteiger partial charge in [0.25, 0.3) is 0 Å². The lowest BCUT2D eigenvalue weighted by atomic mass is 9.78. The van der Waals surface area contributed by atoms with E-state index in [2.05, 4.69) is 134 Å². The van der Waals surface area contributed by atoms with Gasteiger partial charge >= 0.3 is 0 Å². The molecular weight excluding hydrogens is 648 g/mol. The zero-order chi connectivity index (χ0) is 35.8. The molecule has 0 amide bonds. The number of fused-ring (bicyclic) bond motifs is 6. The Hall–Kier alpha value is -3.96. The number of allylic oxidation sites excluding steroid dienone is 8. The van der Waals surface area contributed by atoms with Crippen LogP contribution in [0, 0.1) is 0 Å². The first-order valence-electron chi connectivity index (χ1n) is 18.6. The maximum Gasteiger partial charge on any atom is 0.210 e. The highest BCUT2D eigenvalue weighted by Crippen LogP contribution is 2.51. The van der Waals surface area contributed by atoms with E-state index in [0.717, 1.165) is 63.4 Å². The van der Waals surface area contributed by atoms with Gasteiger partial charge in [-0.1, -0.05) is 92.2 Å². The van der Waals surface area contributed by atoms with E-state index in [0.29, 0.717) is 0 Å². The highest BCUT2D eigenvalue weighted by Gasteiger charge is 2.45. The minimum atomic E-state index is -0.163. The summed E-state index contributed by atoms with van der Waals surface area (Å²) in [5.74, 6) is 0. The van der Waals surface area contributed by atoms with E-state index < -0.39 is 0 Å². The van der Waals surface area contributed by atoms with Crippen molar-refractivity contribution in [3.63, 3.8) is 0 Å². The largest absolute Gasteiger partial charge is 0.385 e. The van der Waals surface area contributed by atoms with E-state index in [-0.39, 0.29) is 10.8 Å². The topological polar surface area (TPSA) is 24.7 Å².